The van der Waals surface area contributed by atoms with E-state index in [2.05, 4.69) is 5.32 Å². The van der Waals surface area contributed by atoms with E-state index in [-0.39, 0.29) is 17.9 Å². The Morgan fingerprint density at radius 2 is 1.76 bits per heavy atom. The van der Waals surface area contributed by atoms with Gasteiger partial charge in [-0.1, -0.05) is 44.2 Å². The van der Waals surface area contributed by atoms with Crippen molar-refractivity contribution >= 4 is 11.9 Å². The molecule has 0 atom stereocenters. The number of aliphatic carboxylic acids is 1. The largest absolute Gasteiger partial charge is 0.481 e. The zero-order valence-corrected chi connectivity index (χ0v) is 12.6. The van der Waals surface area contributed by atoms with Crippen molar-refractivity contribution in [3.8, 4) is 0 Å². The number of carbonyl (C=O) groups excluding carboxylic acids is 1. The molecule has 1 aromatic rings. The number of carboxylic acid groups (broad SMARTS) is 1. The summed E-state index contributed by atoms with van der Waals surface area (Å²) in [4.78, 5) is 23.6. The molecule has 1 fully saturated rings. The van der Waals surface area contributed by atoms with Gasteiger partial charge in [-0.25, -0.2) is 0 Å². The zero-order valence-electron chi connectivity index (χ0n) is 12.6. The first-order valence-electron chi connectivity index (χ1n) is 7.62. The highest BCUT2D eigenvalue weighted by Gasteiger charge is 2.41. The quantitative estimate of drug-likeness (QED) is 0.846. The van der Waals surface area contributed by atoms with Gasteiger partial charge in [-0.05, 0) is 31.2 Å². The summed E-state index contributed by atoms with van der Waals surface area (Å²) >= 11 is 0. The molecule has 0 saturated heterocycles. The van der Waals surface area contributed by atoms with Gasteiger partial charge in [0.05, 0.1) is 11.3 Å². The molecular formula is C17H23NO3. The second kappa shape index (κ2) is 6.29. The van der Waals surface area contributed by atoms with E-state index in [9.17, 15) is 9.59 Å². The van der Waals surface area contributed by atoms with Gasteiger partial charge in [0.2, 0.25) is 5.91 Å². The Morgan fingerprint density at radius 1 is 1.19 bits per heavy atom. The zero-order chi connectivity index (χ0) is 15.5. The van der Waals surface area contributed by atoms with Crippen LogP contribution >= 0.6 is 0 Å². The van der Waals surface area contributed by atoms with Gasteiger partial charge < -0.3 is 10.4 Å². The van der Waals surface area contributed by atoms with Gasteiger partial charge in [0.25, 0.3) is 0 Å². The highest BCUT2D eigenvalue weighted by molar-refractivity contribution is 5.88. The van der Waals surface area contributed by atoms with E-state index in [1.54, 1.807) is 0 Å². The predicted molar refractivity (Wildman–Crippen MR) is 81.0 cm³/mol. The van der Waals surface area contributed by atoms with Crippen LogP contribution in [0.4, 0.5) is 0 Å². The van der Waals surface area contributed by atoms with Gasteiger partial charge in [0, 0.05) is 6.04 Å². The minimum Gasteiger partial charge on any atom is -0.481 e. The van der Waals surface area contributed by atoms with E-state index < -0.39 is 11.4 Å². The number of carboxylic acids is 1. The molecule has 0 bridgehead atoms. The molecule has 1 aliphatic carbocycles. The molecule has 1 aliphatic rings. The van der Waals surface area contributed by atoms with Gasteiger partial charge in [-0.15, -0.1) is 0 Å². The molecule has 114 valence electrons. The number of carbonyl (C=O) groups is 2. The van der Waals surface area contributed by atoms with E-state index in [1.165, 1.54) is 0 Å². The van der Waals surface area contributed by atoms with Gasteiger partial charge in [0.15, 0.2) is 0 Å². The summed E-state index contributed by atoms with van der Waals surface area (Å²) in [5.74, 6) is -1.04. The number of hydrogen-bond donors (Lipinski definition) is 2. The van der Waals surface area contributed by atoms with Crippen molar-refractivity contribution in [1.82, 2.24) is 5.32 Å². The number of nitrogens with one attached hydrogen (secondary N) is 1. The highest BCUT2D eigenvalue weighted by Crippen LogP contribution is 2.34. The standard InChI is InChI=1S/C17H23NO3/c1-3-17(4-2,13-8-6-5-7-9-13)16(21)18-14-10-12(11-14)15(19)20/h5-9,12,14H,3-4,10-11H2,1-2H3,(H,18,21)(H,19,20). The van der Waals surface area contributed by atoms with Gasteiger partial charge in [0.1, 0.15) is 0 Å². The van der Waals surface area contributed by atoms with E-state index in [0.717, 1.165) is 18.4 Å². The monoisotopic (exact) mass is 289 g/mol. The number of benzene rings is 1. The maximum Gasteiger partial charge on any atom is 0.306 e. The molecule has 21 heavy (non-hydrogen) atoms. The molecule has 0 heterocycles. The molecule has 0 aromatic heterocycles. The lowest BCUT2D eigenvalue weighted by Crippen LogP contribution is -2.53. The number of rotatable bonds is 6. The molecular weight excluding hydrogens is 266 g/mol. The second-order valence-electron chi connectivity index (χ2n) is 5.83. The van der Waals surface area contributed by atoms with Crippen LogP contribution in [0.15, 0.2) is 30.3 Å². The van der Waals surface area contributed by atoms with Crippen molar-refractivity contribution in [1.29, 1.82) is 0 Å². The molecule has 4 nitrogen and oxygen atoms in total. The molecule has 2 N–H and O–H groups in total. The molecule has 1 saturated carbocycles. The number of hydrogen-bond acceptors (Lipinski definition) is 2. The second-order valence-corrected chi connectivity index (χ2v) is 5.83. The van der Waals surface area contributed by atoms with Crippen LogP contribution in [0.3, 0.4) is 0 Å². The van der Waals surface area contributed by atoms with Crippen LogP contribution in [-0.2, 0) is 15.0 Å². The van der Waals surface area contributed by atoms with E-state index in [0.29, 0.717) is 12.8 Å². The Kier molecular flexibility index (Phi) is 4.66. The molecule has 1 amide bonds. The van der Waals surface area contributed by atoms with Crippen LogP contribution in [0.2, 0.25) is 0 Å². The number of amides is 1. The van der Waals surface area contributed by atoms with Crippen molar-refractivity contribution < 1.29 is 14.7 Å². The third-order valence-electron chi connectivity index (χ3n) is 4.79. The van der Waals surface area contributed by atoms with E-state index in [4.69, 9.17) is 5.11 Å². The van der Waals surface area contributed by atoms with E-state index in [1.807, 2.05) is 44.2 Å². The van der Waals surface area contributed by atoms with Crippen LogP contribution in [0.1, 0.15) is 45.1 Å². The molecule has 4 heteroatoms. The fourth-order valence-electron chi connectivity index (χ4n) is 3.13. The van der Waals surface area contributed by atoms with Crippen LogP contribution in [-0.4, -0.2) is 23.0 Å². The van der Waals surface area contributed by atoms with Crippen LogP contribution in [0.25, 0.3) is 0 Å². The molecule has 0 radical (unpaired) electrons. The van der Waals surface area contributed by atoms with Crippen LogP contribution in [0.5, 0.6) is 0 Å². The summed E-state index contributed by atoms with van der Waals surface area (Å²) in [6, 6.07) is 9.83. The third kappa shape index (κ3) is 2.94. The van der Waals surface area contributed by atoms with Crippen molar-refractivity contribution in [3.63, 3.8) is 0 Å². The predicted octanol–water partition coefficient (Wildman–Crippen LogP) is 2.72. The minimum atomic E-state index is -0.763. The fourth-order valence-corrected chi connectivity index (χ4v) is 3.13. The summed E-state index contributed by atoms with van der Waals surface area (Å²) in [6.45, 7) is 4.05. The minimum absolute atomic E-state index is 0.000197. The molecule has 1 aromatic carbocycles. The third-order valence-corrected chi connectivity index (χ3v) is 4.79. The summed E-state index contributed by atoms with van der Waals surface area (Å²) < 4.78 is 0. The lowest BCUT2D eigenvalue weighted by atomic mass is 9.73. The lowest BCUT2D eigenvalue weighted by molar-refractivity contribution is -0.146. The normalized spacial score (nSPS) is 21.4. The smallest absolute Gasteiger partial charge is 0.306 e. The van der Waals surface area contributed by atoms with Crippen molar-refractivity contribution in [2.45, 2.75) is 51.0 Å². The fraction of sp³-hybridized carbons (Fsp3) is 0.529. The van der Waals surface area contributed by atoms with Gasteiger partial charge in [-0.2, -0.15) is 0 Å². The average Bonchev–Trinajstić information content (AvgIpc) is 2.45. The van der Waals surface area contributed by atoms with Crippen LogP contribution in [0, 0.1) is 5.92 Å². The Bertz CT molecular complexity index is 502. The SMILES string of the molecule is CCC(CC)(C(=O)NC1CC(C(=O)O)C1)c1ccccc1. The molecule has 2 rings (SSSR count). The van der Waals surface area contributed by atoms with E-state index >= 15 is 0 Å². The molecule has 0 unspecified atom stereocenters. The Balaban J connectivity index is 2.09. The maximum atomic E-state index is 12.7. The topological polar surface area (TPSA) is 66.4 Å². The molecule has 0 aliphatic heterocycles. The average molecular weight is 289 g/mol. The van der Waals surface area contributed by atoms with Crippen molar-refractivity contribution in [2.75, 3.05) is 0 Å². The Morgan fingerprint density at radius 3 is 2.24 bits per heavy atom. The van der Waals surface area contributed by atoms with Gasteiger partial charge >= 0.3 is 5.97 Å². The first-order chi connectivity index (χ1) is 10.0. The first kappa shape index (κ1) is 15.5. The van der Waals surface area contributed by atoms with Crippen LogP contribution < -0.4 is 5.32 Å². The van der Waals surface area contributed by atoms with Crippen molar-refractivity contribution in [2.24, 2.45) is 5.92 Å². The summed E-state index contributed by atoms with van der Waals surface area (Å²) in [5, 5.41) is 11.9. The summed E-state index contributed by atoms with van der Waals surface area (Å²) in [6.07, 6.45) is 2.54. The van der Waals surface area contributed by atoms with Gasteiger partial charge in [-0.3, -0.25) is 9.59 Å². The Hall–Kier alpha value is -1.84. The summed E-state index contributed by atoms with van der Waals surface area (Å²) in [7, 11) is 0. The highest BCUT2D eigenvalue weighted by atomic mass is 16.4. The first-order valence-corrected chi connectivity index (χ1v) is 7.62. The van der Waals surface area contributed by atoms with Crippen molar-refractivity contribution in [3.05, 3.63) is 35.9 Å². The lowest BCUT2D eigenvalue weighted by Gasteiger charge is -2.38. The maximum absolute atomic E-state index is 12.7. The summed E-state index contributed by atoms with van der Waals surface area (Å²) in [5.41, 5.74) is 0.511. The molecule has 0 spiro atoms. The Labute approximate surface area is 125 Å².